The van der Waals surface area contributed by atoms with E-state index in [2.05, 4.69) is 4.98 Å². The van der Waals surface area contributed by atoms with Crippen molar-refractivity contribution in [3.8, 4) is 0 Å². The topological polar surface area (TPSA) is 115 Å². The first-order valence-corrected chi connectivity index (χ1v) is 11.8. The van der Waals surface area contributed by atoms with Crippen molar-refractivity contribution >= 4 is 18.0 Å². The molecule has 1 fully saturated rings. The molecule has 2 rings (SSSR count). The molecule has 2 heterocycles. The molecule has 0 radical (unpaired) electrons. The highest BCUT2D eigenvalue weighted by molar-refractivity contribution is 5.84. The zero-order valence-corrected chi connectivity index (χ0v) is 21.4. The normalized spacial score (nSPS) is 16.8. The zero-order valence-electron chi connectivity index (χ0n) is 21.4. The number of aliphatic carboxylic acids is 1. The number of esters is 1. The lowest BCUT2D eigenvalue weighted by molar-refractivity contribution is -0.168. The number of carboxylic acid groups (broad SMARTS) is 1. The number of hydrogen-bond acceptors (Lipinski definition) is 7. The van der Waals surface area contributed by atoms with Crippen LogP contribution in [-0.2, 0) is 30.2 Å². The van der Waals surface area contributed by atoms with Crippen LogP contribution >= 0.6 is 0 Å². The number of halogens is 1. The number of likely N-dealkylation sites (N-methyl/N-ethyl adjacent to an activating group) is 1. The standard InChI is InChI=1S/C25H37FN2O7/c1-24(2,3)35-23(32)28(6)19(14-25(4,5)26)22(31)34-20(21(29)30)13-18-8-7-17(15-27-18)16-9-11-33-12-10-16/h7-8,15-16,19-20H,9-14H2,1-6H3,(H,29,30)/t19-,20+/m0/s1. The maximum absolute atomic E-state index is 14.5. The number of nitrogens with zero attached hydrogens (tertiary/aromatic N) is 2. The van der Waals surface area contributed by atoms with E-state index >= 15 is 0 Å². The third-order valence-electron chi connectivity index (χ3n) is 5.57. The van der Waals surface area contributed by atoms with Gasteiger partial charge in [-0.1, -0.05) is 6.07 Å². The summed E-state index contributed by atoms with van der Waals surface area (Å²) in [5, 5.41) is 9.66. The second-order valence-electron chi connectivity index (χ2n) is 10.5. The third-order valence-corrected chi connectivity index (χ3v) is 5.57. The van der Waals surface area contributed by atoms with E-state index in [9.17, 15) is 23.9 Å². The number of hydrogen-bond donors (Lipinski definition) is 1. The Morgan fingerprint density at radius 2 is 1.83 bits per heavy atom. The third kappa shape index (κ3) is 9.43. The highest BCUT2D eigenvalue weighted by Gasteiger charge is 2.38. The molecule has 0 saturated carbocycles. The first kappa shape index (κ1) is 28.5. The average molecular weight is 497 g/mol. The Labute approximate surface area is 205 Å². The van der Waals surface area contributed by atoms with Gasteiger partial charge in [0.05, 0.1) is 0 Å². The molecule has 1 aromatic heterocycles. The lowest BCUT2D eigenvalue weighted by Crippen LogP contribution is -2.49. The molecule has 9 nitrogen and oxygen atoms in total. The van der Waals surface area contributed by atoms with E-state index in [0.29, 0.717) is 24.8 Å². The second kappa shape index (κ2) is 11.8. The van der Waals surface area contributed by atoms with Crippen LogP contribution in [0.25, 0.3) is 0 Å². The van der Waals surface area contributed by atoms with Gasteiger partial charge in [0, 0.05) is 45.0 Å². The summed E-state index contributed by atoms with van der Waals surface area (Å²) in [7, 11) is 1.29. The van der Waals surface area contributed by atoms with Crippen LogP contribution in [0.1, 0.15) is 71.1 Å². The van der Waals surface area contributed by atoms with Crippen molar-refractivity contribution in [3.05, 3.63) is 29.6 Å². The molecular formula is C25H37FN2O7. The van der Waals surface area contributed by atoms with Crippen molar-refractivity contribution in [2.75, 3.05) is 20.3 Å². The summed E-state index contributed by atoms with van der Waals surface area (Å²) >= 11 is 0. The molecule has 10 heteroatoms. The summed E-state index contributed by atoms with van der Waals surface area (Å²) in [6, 6.07) is 2.23. The molecular weight excluding hydrogens is 459 g/mol. The number of pyridine rings is 1. The van der Waals surface area contributed by atoms with Crippen molar-refractivity contribution in [3.63, 3.8) is 0 Å². The van der Waals surface area contributed by atoms with E-state index in [1.807, 2.05) is 6.07 Å². The smallest absolute Gasteiger partial charge is 0.410 e. The van der Waals surface area contributed by atoms with E-state index < -0.39 is 47.9 Å². The molecule has 0 spiro atoms. The summed E-state index contributed by atoms with van der Waals surface area (Å²) in [5.41, 5.74) is -1.19. The SMILES string of the molecule is CN(C(=O)OC(C)(C)C)[C@@H](CC(C)(C)F)C(=O)O[C@H](Cc1ccc(C2CCOCC2)cn1)C(=O)O. The van der Waals surface area contributed by atoms with Gasteiger partial charge in [0.25, 0.3) is 0 Å². The molecule has 196 valence electrons. The van der Waals surface area contributed by atoms with Gasteiger partial charge in [-0.3, -0.25) is 9.88 Å². The van der Waals surface area contributed by atoms with Crippen LogP contribution in [-0.4, -0.2) is 76.7 Å². The van der Waals surface area contributed by atoms with E-state index in [4.69, 9.17) is 14.2 Å². The van der Waals surface area contributed by atoms with E-state index in [1.54, 1.807) is 33.0 Å². The predicted octanol–water partition coefficient (Wildman–Crippen LogP) is 3.89. The number of aromatic nitrogens is 1. The molecule has 1 saturated heterocycles. The summed E-state index contributed by atoms with van der Waals surface area (Å²) in [6.45, 7) is 8.88. The fourth-order valence-electron chi connectivity index (χ4n) is 3.72. The van der Waals surface area contributed by atoms with Crippen LogP contribution in [0.3, 0.4) is 0 Å². The van der Waals surface area contributed by atoms with Crippen LogP contribution in [0.2, 0.25) is 0 Å². The molecule has 1 aliphatic rings. The molecule has 1 aromatic rings. The highest BCUT2D eigenvalue weighted by atomic mass is 19.1. The summed E-state index contributed by atoms with van der Waals surface area (Å²) in [4.78, 5) is 42.6. The Balaban J connectivity index is 2.13. The molecule has 0 bridgehead atoms. The largest absolute Gasteiger partial charge is 0.478 e. The fraction of sp³-hybridized carbons (Fsp3) is 0.680. The van der Waals surface area contributed by atoms with Crippen molar-refractivity contribution in [2.24, 2.45) is 0 Å². The Morgan fingerprint density at radius 1 is 1.20 bits per heavy atom. The summed E-state index contributed by atoms with van der Waals surface area (Å²) < 4.78 is 30.4. The van der Waals surface area contributed by atoms with Gasteiger partial charge >= 0.3 is 18.0 Å². The molecule has 1 N–H and O–H groups in total. The quantitative estimate of drug-likeness (QED) is 0.512. The molecule has 0 aliphatic carbocycles. The van der Waals surface area contributed by atoms with Gasteiger partial charge in [-0.25, -0.2) is 18.8 Å². The molecule has 1 amide bonds. The molecule has 1 aliphatic heterocycles. The minimum absolute atomic E-state index is 0.170. The van der Waals surface area contributed by atoms with Crippen LogP contribution in [0.15, 0.2) is 18.3 Å². The maximum Gasteiger partial charge on any atom is 0.410 e. The minimum atomic E-state index is -1.83. The predicted molar refractivity (Wildman–Crippen MR) is 126 cm³/mol. The average Bonchev–Trinajstić information content (AvgIpc) is 2.75. The summed E-state index contributed by atoms with van der Waals surface area (Å²) in [6.07, 6.45) is 0.531. The lowest BCUT2D eigenvalue weighted by atomic mass is 9.93. The van der Waals surface area contributed by atoms with Crippen LogP contribution in [0.4, 0.5) is 9.18 Å². The Kier molecular flexibility index (Phi) is 9.60. The fourth-order valence-corrected chi connectivity index (χ4v) is 3.72. The molecule has 0 aromatic carbocycles. The Morgan fingerprint density at radius 3 is 2.31 bits per heavy atom. The number of carbonyl (C=O) groups is 3. The second-order valence-corrected chi connectivity index (χ2v) is 10.5. The Hall–Kier alpha value is -2.75. The monoisotopic (exact) mass is 496 g/mol. The van der Waals surface area contributed by atoms with Crippen molar-refractivity contribution in [1.29, 1.82) is 0 Å². The number of ether oxygens (including phenoxy) is 3. The summed E-state index contributed by atoms with van der Waals surface area (Å²) in [5.74, 6) is -2.06. The highest BCUT2D eigenvalue weighted by Crippen LogP contribution is 2.27. The van der Waals surface area contributed by atoms with Gasteiger partial charge < -0.3 is 19.3 Å². The van der Waals surface area contributed by atoms with Gasteiger partial charge in [0.15, 0.2) is 0 Å². The van der Waals surface area contributed by atoms with Crippen LogP contribution in [0, 0.1) is 0 Å². The number of rotatable bonds is 9. The van der Waals surface area contributed by atoms with Crippen LogP contribution < -0.4 is 0 Å². The Bertz CT molecular complexity index is 871. The van der Waals surface area contributed by atoms with Crippen molar-refractivity contribution < 1.29 is 38.1 Å². The van der Waals surface area contributed by atoms with E-state index in [-0.39, 0.29) is 6.42 Å². The van der Waals surface area contributed by atoms with E-state index in [1.165, 1.54) is 20.9 Å². The van der Waals surface area contributed by atoms with Gasteiger partial charge in [-0.05, 0) is 65.0 Å². The number of carboxylic acids is 1. The number of carbonyl (C=O) groups excluding carboxylic acids is 2. The molecule has 35 heavy (non-hydrogen) atoms. The lowest BCUT2D eigenvalue weighted by Gasteiger charge is -2.32. The number of amides is 1. The van der Waals surface area contributed by atoms with Crippen molar-refractivity contribution in [2.45, 2.75) is 89.6 Å². The van der Waals surface area contributed by atoms with Gasteiger partial charge in [-0.15, -0.1) is 0 Å². The van der Waals surface area contributed by atoms with Crippen LogP contribution in [0.5, 0.6) is 0 Å². The van der Waals surface area contributed by atoms with E-state index in [0.717, 1.165) is 23.3 Å². The first-order valence-electron chi connectivity index (χ1n) is 11.8. The molecule has 0 unspecified atom stereocenters. The molecule has 2 atom stereocenters. The number of alkyl halides is 1. The first-order chi connectivity index (χ1) is 16.2. The maximum atomic E-state index is 14.5. The van der Waals surface area contributed by atoms with Crippen molar-refractivity contribution in [1.82, 2.24) is 9.88 Å². The van der Waals surface area contributed by atoms with Gasteiger partial charge in [-0.2, -0.15) is 0 Å². The minimum Gasteiger partial charge on any atom is -0.478 e. The van der Waals surface area contributed by atoms with Gasteiger partial charge in [0.2, 0.25) is 6.10 Å². The zero-order chi connectivity index (χ0) is 26.4. The van der Waals surface area contributed by atoms with Gasteiger partial charge in [0.1, 0.15) is 17.3 Å².